The number of halogens is 4. The van der Waals surface area contributed by atoms with Crippen LogP contribution in [0.25, 0.3) is 10.9 Å². The van der Waals surface area contributed by atoms with Crippen LogP contribution in [-0.4, -0.2) is 15.5 Å². The van der Waals surface area contributed by atoms with Crippen molar-refractivity contribution in [2.75, 3.05) is 5.32 Å². The summed E-state index contributed by atoms with van der Waals surface area (Å²) >= 11 is 5.61. The zero-order chi connectivity index (χ0) is 19.8. The Morgan fingerprint density at radius 2 is 2.00 bits per heavy atom. The van der Waals surface area contributed by atoms with Gasteiger partial charge in [0.05, 0.1) is 28.5 Å². The molecule has 5 nitrogen and oxygen atoms in total. The second kappa shape index (κ2) is 7.03. The monoisotopic (exact) mass is 395 g/mol. The summed E-state index contributed by atoms with van der Waals surface area (Å²) in [6.07, 6.45) is -3.49. The van der Waals surface area contributed by atoms with Crippen LogP contribution in [-0.2, 0) is 17.5 Å². The van der Waals surface area contributed by atoms with Gasteiger partial charge in [0.25, 0.3) is 5.56 Å². The molecule has 0 fully saturated rings. The Labute approximate surface area is 156 Å². The third kappa shape index (κ3) is 3.95. The lowest BCUT2D eigenvalue weighted by Crippen LogP contribution is -2.28. The van der Waals surface area contributed by atoms with E-state index in [-0.39, 0.29) is 5.02 Å². The van der Waals surface area contributed by atoms with E-state index in [2.05, 4.69) is 10.3 Å². The Bertz CT molecular complexity index is 1090. The Balaban J connectivity index is 1.89. The number of rotatable bonds is 3. The summed E-state index contributed by atoms with van der Waals surface area (Å²) in [7, 11) is 0. The van der Waals surface area contributed by atoms with Crippen LogP contribution < -0.4 is 10.9 Å². The van der Waals surface area contributed by atoms with Gasteiger partial charge >= 0.3 is 6.18 Å². The van der Waals surface area contributed by atoms with E-state index >= 15 is 0 Å². The van der Waals surface area contributed by atoms with Crippen molar-refractivity contribution in [2.24, 2.45) is 0 Å². The molecule has 2 aromatic carbocycles. The van der Waals surface area contributed by atoms with E-state index in [0.29, 0.717) is 10.9 Å². The first-order valence-corrected chi connectivity index (χ1v) is 8.16. The number of carbonyl (C=O) groups is 1. The fourth-order valence-corrected chi connectivity index (χ4v) is 2.83. The van der Waals surface area contributed by atoms with Crippen molar-refractivity contribution in [3.05, 3.63) is 69.2 Å². The van der Waals surface area contributed by atoms with Gasteiger partial charge in [-0.3, -0.25) is 14.2 Å². The molecule has 3 rings (SSSR count). The van der Waals surface area contributed by atoms with Gasteiger partial charge in [0.2, 0.25) is 5.91 Å². The average molecular weight is 396 g/mol. The molecule has 1 heterocycles. The lowest BCUT2D eigenvalue weighted by atomic mass is 10.1. The number of para-hydroxylation sites is 1. The number of carbonyl (C=O) groups excluding carboxylic acids is 1. The van der Waals surface area contributed by atoms with Crippen LogP contribution in [0.3, 0.4) is 0 Å². The van der Waals surface area contributed by atoms with E-state index in [9.17, 15) is 22.8 Å². The van der Waals surface area contributed by atoms with Gasteiger partial charge in [-0.1, -0.05) is 23.7 Å². The van der Waals surface area contributed by atoms with Gasteiger partial charge in [-0.15, -0.1) is 0 Å². The maximum atomic E-state index is 13.1. The van der Waals surface area contributed by atoms with Crippen molar-refractivity contribution in [3.63, 3.8) is 0 Å². The molecule has 1 N–H and O–H groups in total. The molecule has 0 atom stereocenters. The molecule has 0 aliphatic rings. The van der Waals surface area contributed by atoms with Gasteiger partial charge in [-0.05, 0) is 36.8 Å². The Hall–Kier alpha value is -2.87. The van der Waals surface area contributed by atoms with E-state index in [1.165, 1.54) is 12.4 Å². The molecule has 27 heavy (non-hydrogen) atoms. The number of aryl methyl sites for hydroxylation is 1. The van der Waals surface area contributed by atoms with Crippen molar-refractivity contribution in [2.45, 2.75) is 19.6 Å². The Morgan fingerprint density at radius 3 is 2.70 bits per heavy atom. The second-order valence-electron chi connectivity index (χ2n) is 5.88. The first kappa shape index (κ1) is 18.9. The van der Waals surface area contributed by atoms with Crippen LogP contribution in [0.1, 0.15) is 11.1 Å². The summed E-state index contributed by atoms with van der Waals surface area (Å²) in [6.45, 7) is 1.32. The molecule has 1 aromatic heterocycles. The number of fused-ring (bicyclic) bond motifs is 1. The molecule has 140 valence electrons. The number of aromatic nitrogens is 2. The maximum absolute atomic E-state index is 13.1. The molecule has 0 saturated heterocycles. The van der Waals surface area contributed by atoms with Crippen LogP contribution in [0.15, 0.2) is 47.5 Å². The van der Waals surface area contributed by atoms with E-state index in [1.807, 2.05) is 0 Å². The van der Waals surface area contributed by atoms with Crippen LogP contribution >= 0.6 is 11.6 Å². The minimum Gasteiger partial charge on any atom is -0.324 e. The van der Waals surface area contributed by atoms with E-state index < -0.39 is 35.4 Å². The van der Waals surface area contributed by atoms with Crippen LogP contribution in [0, 0.1) is 6.92 Å². The van der Waals surface area contributed by atoms with Gasteiger partial charge in [-0.25, -0.2) is 4.98 Å². The fraction of sp³-hybridized carbons (Fsp3) is 0.167. The van der Waals surface area contributed by atoms with E-state index in [1.54, 1.807) is 25.1 Å². The van der Waals surface area contributed by atoms with Crippen LogP contribution in [0.4, 0.5) is 18.9 Å². The lowest BCUT2D eigenvalue weighted by molar-refractivity contribution is -0.137. The number of nitrogens with one attached hydrogen (secondary N) is 1. The molecular formula is C18H13ClF3N3O2. The molecule has 0 radical (unpaired) electrons. The highest BCUT2D eigenvalue weighted by atomic mass is 35.5. The summed E-state index contributed by atoms with van der Waals surface area (Å²) in [6, 6.07) is 8.09. The smallest absolute Gasteiger partial charge is 0.324 e. The number of alkyl halides is 3. The topological polar surface area (TPSA) is 64.0 Å². The molecule has 0 unspecified atom stereocenters. The molecule has 0 bridgehead atoms. The second-order valence-corrected chi connectivity index (χ2v) is 6.32. The molecule has 1 amide bonds. The molecule has 0 aliphatic heterocycles. The number of hydrogen-bond acceptors (Lipinski definition) is 3. The number of benzene rings is 2. The molecular weight excluding hydrogens is 383 g/mol. The standard InChI is InChI=1S/C18H13ClF3N3O2/c1-10-3-2-4-12-16(10)23-9-25(17(12)27)8-15(26)24-14-6-5-11(19)7-13(14)18(20,21)22/h2-7,9H,8H2,1H3,(H,24,26). The summed E-state index contributed by atoms with van der Waals surface area (Å²) in [5, 5.41) is 2.40. The fourth-order valence-electron chi connectivity index (χ4n) is 2.65. The van der Waals surface area contributed by atoms with Gasteiger partial charge in [0, 0.05) is 5.02 Å². The maximum Gasteiger partial charge on any atom is 0.418 e. The van der Waals surface area contributed by atoms with Crippen molar-refractivity contribution in [1.82, 2.24) is 9.55 Å². The van der Waals surface area contributed by atoms with Crippen molar-refractivity contribution >= 4 is 34.1 Å². The summed E-state index contributed by atoms with van der Waals surface area (Å²) in [5.74, 6) is -0.793. The number of amides is 1. The number of nitrogens with zero attached hydrogens (tertiary/aromatic N) is 2. The van der Waals surface area contributed by atoms with Gasteiger partial charge in [-0.2, -0.15) is 13.2 Å². The number of anilines is 1. The van der Waals surface area contributed by atoms with Crippen LogP contribution in [0.5, 0.6) is 0 Å². The highest BCUT2D eigenvalue weighted by Gasteiger charge is 2.34. The molecule has 9 heteroatoms. The average Bonchev–Trinajstić information content (AvgIpc) is 2.58. The van der Waals surface area contributed by atoms with Gasteiger partial charge in [0.1, 0.15) is 6.54 Å². The SMILES string of the molecule is Cc1cccc2c(=O)n(CC(=O)Nc3ccc(Cl)cc3C(F)(F)F)cnc12. The normalized spacial score (nSPS) is 11.6. The first-order valence-electron chi connectivity index (χ1n) is 7.78. The first-order chi connectivity index (χ1) is 12.7. The van der Waals surface area contributed by atoms with Gasteiger partial charge in [0.15, 0.2) is 0 Å². The van der Waals surface area contributed by atoms with Gasteiger partial charge < -0.3 is 5.32 Å². The Morgan fingerprint density at radius 1 is 1.26 bits per heavy atom. The molecule has 0 spiro atoms. The van der Waals surface area contributed by atoms with Crippen LogP contribution in [0.2, 0.25) is 5.02 Å². The summed E-state index contributed by atoms with van der Waals surface area (Å²) < 4.78 is 40.4. The lowest BCUT2D eigenvalue weighted by Gasteiger charge is -2.14. The van der Waals surface area contributed by atoms with Crippen molar-refractivity contribution < 1.29 is 18.0 Å². The third-order valence-corrected chi connectivity index (χ3v) is 4.17. The zero-order valence-electron chi connectivity index (χ0n) is 14.0. The zero-order valence-corrected chi connectivity index (χ0v) is 14.7. The highest BCUT2D eigenvalue weighted by molar-refractivity contribution is 6.30. The summed E-state index contributed by atoms with van der Waals surface area (Å²) in [4.78, 5) is 28.8. The minimum atomic E-state index is -4.69. The summed E-state index contributed by atoms with van der Waals surface area (Å²) in [5.41, 5.74) is -0.642. The predicted octanol–water partition coefficient (Wildman–Crippen LogP) is 4.02. The molecule has 3 aromatic rings. The minimum absolute atomic E-state index is 0.106. The van der Waals surface area contributed by atoms with E-state index in [4.69, 9.17) is 11.6 Å². The van der Waals surface area contributed by atoms with E-state index in [0.717, 1.165) is 22.3 Å². The largest absolute Gasteiger partial charge is 0.418 e. The quantitative estimate of drug-likeness (QED) is 0.728. The number of hydrogen-bond donors (Lipinski definition) is 1. The van der Waals surface area contributed by atoms with Crippen molar-refractivity contribution in [1.29, 1.82) is 0 Å². The molecule has 0 aliphatic carbocycles. The third-order valence-electron chi connectivity index (χ3n) is 3.93. The predicted molar refractivity (Wildman–Crippen MR) is 95.8 cm³/mol. The Kier molecular flexibility index (Phi) is 4.93. The highest BCUT2D eigenvalue weighted by Crippen LogP contribution is 2.36. The molecule has 0 saturated carbocycles. The van der Waals surface area contributed by atoms with Crippen molar-refractivity contribution in [3.8, 4) is 0 Å².